The van der Waals surface area contributed by atoms with Gasteiger partial charge in [0.2, 0.25) is 0 Å². The number of rotatable bonds is 3. The molecule has 0 radical (unpaired) electrons. The molecule has 21 heavy (non-hydrogen) atoms. The highest BCUT2D eigenvalue weighted by Gasteiger charge is 2.17. The van der Waals surface area contributed by atoms with Crippen molar-refractivity contribution in [3.63, 3.8) is 0 Å². The molecule has 0 bridgehead atoms. The quantitative estimate of drug-likeness (QED) is 0.692. The van der Waals surface area contributed by atoms with Crippen molar-refractivity contribution in [3.8, 4) is 6.07 Å². The first kappa shape index (κ1) is 14.4. The predicted molar refractivity (Wildman–Crippen MR) is 75.0 cm³/mol. The van der Waals surface area contributed by atoms with Gasteiger partial charge in [-0.05, 0) is 24.3 Å². The first-order valence-corrected chi connectivity index (χ1v) is 6.00. The zero-order valence-electron chi connectivity index (χ0n) is 10.4. The van der Waals surface area contributed by atoms with Crippen LogP contribution in [0.4, 0.5) is 11.4 Å². The fourth-order valence-corrected chi connectivity index (χ4v) is 1.72. The number of pyridine rings is 1. The SMILES string of the molecule is N#Cc1ccc(C(=O)Nc2cc(Cl)ccc2[N+](=O)[O-])nc1. The highest BCUT2D eigenvalue weighted by atomic mass is 35.5. The van der Waals surface area contributed by atoms with Crippen LogP contribution in [0, 0.1) is 21.4 Å². The van der Waals surface area contributed by atoms with Crippen LogP contribution in [0.3, 0.4) is 0 Å². The van der Waals surface area contributed by atoms with E-state index in [-0.39, 0.29) is 22.1 Å². The number of nitro groups is 1. The highest BCUT2D eigenvalue weighted by molar-refractivity contribution is 6.31. The summed E-state index contributed by atoms with van der Waals surface area (Å²) in [4.78, 5) is 26.1. The van der Waals surface area contributed by atoms with Crippen LogP contribution in [-0.2, 0) is 0 Å². The van der Waals surface area contributed by atoms with Crippen molar-refractivity contribution < 1.29 is 9.72 Å². The Hall–Kier alpha value is -2.98. The van der Waals surface area contributed by atoms with E-state index in [1.165, 1.54) is 36.5 Å². The summed E-state index contributed by atoms with van der Waals surface area (Å²) < 4.78 is 0. The van der Waals surface area contributed by atoms with Crippen LogP contribution in [0.2, 0.25) is 5.02 Å². The fraction of sp³-hybridized carbons (Fsp3) is 0. The van der Waals surface area contributed by atoms with Gasteiger partial charge >= 0.3 is 0 Å². The van der Waals surface area contributed by atoms with Crippen molar-refractivity contribution in [2.45, 2.75) is 0 Å². The molecule has 0 atom stereocenters. The lowest BCUT2D eigenvalue weighted by Crippen LogP contribution is -2.14. The lowest BCUT2D eigenvalue weighted by molar-refractivity contribution is -0.383. The predicted octanol–water partition coefficient (Wildman–Crippen LogP) is 2.77. The van der Waals surface area contributed by atoms with Gasteiger partial charge in [0.1, 0.15) is 17.5 Å². The van der Waals surface area contributed by atoms with Crippen molar-refractivity contribution in [1.29, 1.82) is 5.26 Å². The minimum absolute atomic E-state index is 0.0244. The summed E-state index contributed by atoms with van der Waals surface area (Å²) in [6, 6.07) is 8.48. The molecule has 1 amide bonds. The third kappa shape index (κ3) is 3.32. The van der Waals surface area contributed by atoms with E-state index in [0.29, 0.717) is 5.56 Å². The molecule has 2 aromatic rings. The molecule has 0 saturated heterocycles. The molecule has 1 heterocycles. The zero-order valence-corrected chi connectivity index (χ0v) is 11.2. The topological polar surface area (TPSA) is 109 Å². The lowest BCUT2D eigenvalue weighted by Gasteiger charge is -2.06. The number of halogens is 1. The van der Waals surface area contributed by atoms with Crippen LogP contribution in [0.25, 0.3) is 0 Å². The molecule has 8 heteroatoms. The van der Waals surface area contributed by atoms with Crippen molar-refractivity contribution in [1.82, 2.24) is 4.98 Å². The maximum absolute atomic E-state index is 12.0. The van der Waals surface area contributed by atoms with E-state index in [1.807, 2.05) is 6.07 Å². The van der Waals surface area contributed by atoms with Gasteiger partial charge in [-0.15, -0.1) is 0 Å². The lowest BCUT2D eigenvalue weighted by atomic mass is 10.2. The van der Waals surface area contributed by atoms with Crippen LogP contribution in [0.15, 0.2) is 36.5 Å². The van der Waals surface area contributed by atoms with Crippen LogP contribution in [-0.4, -0.2) is 15.8 Å². The molecule has 7 nitrogen and oxygen atoms in total. The number of hydrogen-bond donors (Lipinski definition) is 1. The van der Waals surface area contributed by atoms with Crippen molar-refractivity contribution in [3.05, 3.63) is 62.9 Å². The van der Waals surface area contributed by atoms with Crippen LogP contribution < -0.4 is 5.32 Å². The number of anilines is 1. The molecule has 1 N–H and O–H groups in total. The second-order valence-electron chi connectivity index (χ2n) is 3.92. The number of nitro benzene ring substituents is 1. The molecule has 0 aliphatic heterocycles. The van der Waals surface area contributed by atoms with Gasteiger partial charge in [-0.1, -0.05) is 11.6 Å². The molecule has 2 rings (SSSR count). The van der Waals surface area contributed by atoms with Crippen molar-refractivity contribution >= 4 is 28.9 Å². The van der Waals surface area contributed by atoms with E-state index in [1.54, 1.807) is 0 Å². The first-order chi connectivity index (χ1) is 10.0. The first-order valence-electron chi connectivity index (χ1n) is 5.62. The zero-order chi connectivity index (χ0) is 15.4. The highest BCUT2D eigenvalue weighted by Crippen LogP contribution is 2.27. The Morgan fingerprint density at radius 2 is 2.14 bits per heavy atom. The van der Waals surface area contributed by atoms with Gasteiger partial charge in [-0.3, -0.25) is 14.9 Å². The molecular formula is C13H7ClN4O3. The van der Waals surface area contributed by atoms with Crippen LogP contribution in [0.1, 0.15) is 16.1 Å². The molecule has 0 unspecified atom stereocenters. The van der Waals surface area contributed by atoms with E-state index < -0.39 is 10.8 Å². The minimum Gasteiger partial charge on any atom is -0.315 e. The molecule has 0 saturated carbocycles. The average Bonchev–Trinajstić information content (AvgIpc) is 2.47. The summed E-state index contributed by atoms with van der Waals surface area (Å²) in [5.41, 5.74) is 0.0358. The number of carbonyl (C=O) groups excluding carboxylic acids is 1. The molecule has 0 fully saturated rings. The summed E-state index contributed by atoms with van der Waals surface area (Å²) in [6.45, 7) is 0. The van der Waals surface area contributed by atoms with Gasteiger partial charge in [-0.2, -0.15) is 5.26 Å². The fourth-order valence-electron chi connectivity index (χ4n) is 1.55. The standard InChI is InChI=1S/C13H7ClN4O3/c14-9-2-4-12(18(20)21)11(5-9)17-13(19)10-3-1-8(6-15)7-16-10/h1-5,7H,(H,17,19). The summed E-state index contributed by atoms with van der Waals surface area (Å²) in [6.07, 6.45) is 1.24. The van der Waals surface area contributed by atoms with Gasteiger partial charge < -0.3 is 5.32 Å². The van der Waals surface area contributed by atoms with Crippen LogP contribution >= 0.6 is 11.6 Å². The average molecular weight is 303 g/mol. The van der Waals surface area contributed by atoms with Gasteiger partial charge in [-0.25, -0.2) is 4.98 Å². The second-order valence-corrected chi connectivity index (χ2v) is 4.35. The van der Waals surface area contributed by atoms with E-state index in [0.717, 1.165) is 0 Å². The number of aromatic nitrogens is 1. The Labute approximate surface area is 123 Å². The molecule has 0 aliphatic carbocycles. The van der Waals surface area contributed by atoms with Gasteiger partial charge in [0.25, 0.3) is 11.6 Å². The second kappa shape index (κ2) is 5.98. The molecule has 0 aliphatic rings. The number of nitrogens with one attached hydrogen (secondary N) is 1. The molecular weight excluding hydrogens is 296 g/mol. The van der Waals surface area contributed by atoms with Crippen molar-refractivity contribution in [2.75, 3.05) is 5.32 Å². The summed E-state index contributed by atoms with van der Waals surface area (Å²) in [5, 5.41) is 22.2. The van der Waals surface area contributed by atoms with E-state index in [9.17, 15) is 14.9 Å². The van der Waals surface area contributed by atoms with Crippen LogP contribution in [0.5, 0.6) is 0 Å². The maximum atomic E-state index is 12.0. The Morgan fingerprint density at radius 3 is 2.71 bits per heavy atom. The molecule has 1 aromatic heterocycles. The molecule has 104 valence electrons. The molecule has 0 spiro atoms. The Balaban J connectivity index is 2.28. The molecule has 1 aromatic carbocycles. The van der Waals surface area contributed by atoms with Gasteiger partial charge in [0.05, 0.1) is 10.5 Å². The Bertz CT molecular complexity index is 753. The smallest absolute Gasteiger partial charge is 0.292 e. The normalized spacial score (nSPS) is 9.71. The third-order valence-corrected chi connectivity index (χ3v) is 2.76. The largest absolute Gasteiger partial charge is 0.315 e. The number of amides is 1. The summed E-state index contributed by atoms with van der Waals surface area (Å²) in [5.74, 6) is -0.634. The monoisotopic (exact) mass is 302 g/mol. The number of nitriles is 1. The number of carbonyl (C=O) groups is 1. The van der Waals surface area contributed by atoms with E-state index >= 15 is 0 Å². The van der Waals surface area contributed by atoms with Gasteiger partial charge in [0, 0.05) is 17.3 Å². The number of benzene rings is 1. The summed E-state index contributed by atoms with van der Waals surface area (Å²) >= 11 is 5.76. The van der Waals surface area contributed by atoms with E-state index in [2.05, 4.69) is 10.3 Å². The number of nitrogens with zero attached hydrogens (tertiary/aromatic N) is 3. The number of hydrogen-bond acceptors (Lipinski definition) is 5. The van der Waals surface area contributed by atoms with Crippen molar-refractivity contribution in [2.24, 2.45) is 0 Å². The minimum atomic E-state index is -0.634. The summed E-state index contributed by atoms with van der Waals surface area (Å²) in [7, 11) is 0. The van der Waals surface area contributed by atoms with E-state index in [4.69, 9.17) is 16.9 Å². The Kier molecular flexibility index (Phi) is 4.11. The maximum Gasteiger partial charge on any atom is 0.292 e. The Morgan fingerprint density at radius 1 is 1.38 bits per heavy atom. The van der Waals surface area contributed by atoms with Gasteiger partial charge in [0.15, 0.2) is 0 Å². The third-order valence-electron chi connectivity index (χ3n) is 2.53.